The van der Waals surface area contributed by atoms with Crippen LogP contribution in [-0.2, 0) is 0 Å². The van der Waals surface area contributed by atoms with E-state index in [9.17, 15) is 4.79 Å². The summed E-state index contributed by atoms with van der Waals surface area (Å²) in [6.45, 7) is 6.51. The molecule has 140 valence electrons. The van der Waals surface area contributed by atoms with Crippen molar-refractivity contribution < 1.29 is 9.53 Å². The van der Waals surface area contributed by atoms with Gasteiger partial charge >= 0.3 is 6.03 Å². The summed E-state index contributed by atoms with van der Waals surface area (Å²) in [5.41, 5.74) is 3.88. The van der Waals surface area contributed by atoms with Gasteiger partial charge in [-0.3, -0.25) is 0 Å². The average molecular weight is 363 g/mol. The number of urea groups is 1. The molecule has 1 aromatic heterocycles. The molecule has 0 aliphatic rings. The van der Waals surface area contributed by atoms with Crippen molar-refractivity contribution in [2.45, 2.75) is 26.8 Å². The van der Waals surface area contributed by atoms with E-state index in [0.29, 0.717) is 6.61 Å². The van der Waals surface area contributed by atoms with Crippen molar-refractivity contribution in [2.24, 2.45) is 0 Å². The number of ether oxygens (including phenoxy) is 1. The number of carbonyl (C=O) groups is 1. The highest BCUT2D eigenvalue weighted by Crippen LogP contribution is 2.26. The fourth-order valence-corrected chi connectivity index (χ4v) is 2.96. The molecule has 3 aromatic rings. The zero-order chi connectivity index (χ0) is 19.2. The molecule has 5 nitrogen and oxygen atoms in total. The number of nitrogens with one attached hydrogen (secondary N) is 2. The summed E-state index contributed by atoms with van der Waals surface area (Å²) in [7, 11) is 0. The van der Waals surface area contributed by atoms with Gasteiger partial charge in [-0.05, 0) is 63.2 Å². The monoisotopic (exact) mass is 363 g/mol. The molecule has 0 bridgehead atoms. The van der Waals surface area contributed by atoms with Crippen LogP contribution in [-0.4, -0.2) is 17.2 Å². The Morgan fingerprint density at radius 1 is 1.11 bits per heavy atom. The highest BCUT2D eigenvalue weighted by atomic mass is 16.5. The largest absolute Gasteiger partial charge is 0.494 e. The number of nitrogens with zero attached hydrogens (tertiary/aromatic N) is 1. The molecule has 0 spiro atoms. The number of carbonyl (C=O) groups excluding carboxylic acids is 1. The second-order valence-electron chi connectivity index (χ2n) is 6.43. The van der Waals surface area contributed by atoms with Crippen molar-refractivity contribution in [2.75, 3.05) is 11.9 Å². The summed E-state index contributed by atoms with van der Waals surface area (Å²) in [5.74, 6) is 0.798. The third kappa shape index (κ3) is 4.70. The van der Waals surface area contributed by atoms with Gasteiger partial charge in [-0.2, -0.15) is 0 Å². The molecule has 1 unspecified atom stereocenters. The van der Waals surface area contributed by atoms with Gasteiger partial charge in [-0.25, -0.2) is 4.79 Å². The summed E-state index contributed by atoms with van der Waals surface area (Å²) in [6.07, 6.45) is 3.96. The van der Waals surface area contributed by atoms with Crippen LogP contribution in [0.2, 0.25) is 0 Å². The molecule has 2 aromatic carbocycles. The number of amides is 2. The lowest BCUT2D eigenvalue weighted by atomic mass is 10.0. The lowest BCUT2D eigenvalue weighted by Gasteiger charge is -2.19. The van der Waals surface area contributed by atoms with Crippen molar-refractivity contribution >= 4 is 11.7 Å². The van der Waals surface area contributed by atoms with Crippen LogP contribution in [0.25, 0.3) is 5.69 Å². The van der Waals surface area contributed by atoms with Crippen LogP contribution in [0, 0.1) is 6.92 Å². The fraction of sp³-hybridized carbons (Fsp3) is 0.227. The molecule has 5 heteroatoms. The summed E-state index contributed by atoms with van der Waals surface area (Å²) in [4.78, 5) is 12.4. The Balaban J connectivity index is 1.64. The highest BCUT2D eigenvalue weighted by molar-refractivity contribution is 5.89. The van der Waals surface area contributed by atoms with Crippen LogP contribution in [0.1, 0.15) is 31.0 Å². The first kappa shape index (κ1) is 18.6. The molecule has 0 aliphatic heterocycles. The Labute approximate surface area is 160 Å². The predicted molar refractivity (Wildman–Crippen MR) is 109 cm³/mol. The first-order valence-corrected chi connectivity index (χ1v) is 9.11. The summed E-state index contributed by atoms with van der Waals surface area (Å²) in [6, 6.07) is 17.2. The number of anilines is 1. The Hall–Kier alpha value is -3.21. The Bertz CT molecular complexity index is 886. The van der Waals surface area contributed by atoms with E-state index in [4.69, 9.17) is 4.74 Å². The van der Waals surface area contributed by atoms with Crippen molar-refractivity contribution in [3.63, 3.8) is 0 Å². The third-order valence-corrected chi connectivity index (χ3v) is 4.31. The smallest absolute Gasteiger partial charge is 0.319 e. The van der Waals surface area contributed by atoms with E-state index in [0.717, 1.165) is 28.3 Å². The van der Waals surface area contributed by atoms with Crippen molar-refractivity contribution in [1.82, 2.24) is 9.88 Å². The Morgan fingerprint density at radius 2 is 1.81 bits per heavy atom. The van der Waals surface area contributed by atoms with E-state index in [1.54, 1.807) is 0 Å². The van der Waals surface area contributed by atoms with Crippen LogP contribution >= 0.6 is 0 Å². The number of benzene rings is 2. The van der Waals surface area contributed by atoms with E-state index >= 15 is 0 Å². The maximum absolute atomic E-state index is 12.4. The number of aromatic nitrogens is 1. The number of aryl methyl sites for hydroxylation is 1. The predicted octanol–water partition coefficient (Wildman–Crippen LogP) is 5.07. The fourth-order valence-electron chi connectivity index (χ4n) is 2.96. The minimum Gasteiger partial charge on any atom is -0.494 e. The van der Waals surface area contributed by atoms with Gasteiger partial charge in [0.25, 0.3) is 0 Å². The molecule has 3 rings (SSSR count). The van der Waals surface area contributed by atoms with Crippen LogP contribution in [0.3, 0.4) is 0 Å². The second kappa shape index (κ2) is 8.45. The summed E-state index contributed by atoms with van der Waals surface area (Å²) >= 11 is 0. The van der Waals surface area contributed by atoms with Gasteiger partial charge in [0.15, 0.2) is 0 Å². The molecule has 0 fully saturated rings. The minimum atomic E-state index is -0.250. The van der Waals surface area contributed by atoms with Crippen molar-refractivity contribution in [3.8, 4) is 11.4 Å². The van der Waals surface area contributed by atoms with E-state index in [-0.39, 0.29) is 12.1 Å². The third-order valence-electron chi connectivity index (χ3n) is 4.31. The molecule has 0 aliphatic carbocycles. The zero-order valence-electron chi connectivity index (χ0n) is 15.9. The molecule has 0 radical (unpaired) electrons. The molecule has 1 atom stereocenters. The lowest BCUT2D eigenvalue weighted by Crippen LogP contribution is -2.31. The van der Waals surface area contributed by atoms with Crippen LogP contribution in [0.4, 0.5) is 10.5 Å². The van der Waals surface area contributed by atoms with Gasteiger partial charge < -0.3 is 19.9 Å². The van der Waals surface area contributed by atoms with Gasteiger partial charge in [0.05, 0.1) is 12.6 Å². The zero-order valence-corrected chi connectivity index (χ0v) is 15.9. The quantitative estimate of drug-likeness (QED) is 0.643. The van der Waals surface area contributed by atoms with Gasteiger partial charge in [0, 0.05) is 29.3 Å². The molecule has 27 heavy (non-hydrogen) atoms. The first-order valence-electron chi connectivity index (χ1n) is 9.11. The molecular weight excluding hydrogens is 338 g/mol. The van der Waals surface area contributed by atoms with Crippen molar-refractivity contribution in [1.29, 1.82) is 0 Å². The van der Waals surface area contributed by atoms with Gasteiger partial charge in [-0.15, -0.1) is 0 Å². The van der Waals surface area contributed by atoms with E-state index in [2.05, 4.69) is 10.6 Å². The molecule has 1 heterocycles. The first-order chi connectivity index (χ1) is 13.1. The number of hydrogen-bond acceptors (Lipinski definition) is 2. The van der Waals surface area contributed by atoms with Crippen molar-refractivity contribution in [3.05, 3.63) is 78.1 Å². The van der Waals surface area contributed by atoms with Gasteiger partial charge in [-0.1, -0.05) is 17.7 Å². The Morgan fingerprint density at radius 3 is 2.48 bits per heavy atom. The van der Waals surface area contributed by atoms with E-state index in [1.165, 1.54) is 0 Å². The highest BCUT2D eigenvalue weighted by Gasteiger charge is 2.14. The molecule has 0 saturated carbocycles. The van der Waals surface area contributed by atoms with E-state index in [1.807, 2.05) is 92.3 Å². The summed E-state index contributed by atoms with van der Waals surface area (Å²) < 4.78 is 7.70. The second-order valence-corrected chi connectivity index (χ2v) is 6.43. The Kier molecular flexibility index (Phi) is 5.81. The van der Waals surface area contributed by atoms with Gasteiger partial charge in [0.2, 0.25) is 0 Å². The van der Waals surface area contributed by atoms with Gasteiger partial charge in [0.1, 0.15) is 5.75 Å². The minimum absolute atomic E-state index is 0.175. The molecule has 2 amide bonds. The number of rotatable bonds is 6. The SMILES string of the molecule is CCOc1ccc(C)cc1C(C)NC(=O)Nc1ccc(-n2cccc2)cc1. The average Bonchev–Trinajstić information content (AvgIpc) is 3.18. The molecule has 0 saturated heterocycles. The van der Waals surface area contributed by atoms with Crippen LogP contribution in [0.5, 0.6) is 5.75 Å². The molecule has 2 N–H and O–H groups in total. The number of hydrogen-bond donors (Lipinski definition) is 2. The van der Waals surface area contributed by atoms with Crippen LogP contribution < -0.4 is 15.4 Å². The maximum Gasteiger partial charge on any atom is 0.319 e. The molecular formula is C22H25N3O2. The maximum atomic E-state index is 12.4. The van der Waals surface area contributed by atoms with E-state index < -0.39 is 0 Å². The normalized spacial score (nSPS) is 11.7. The summed E-state index contributed by atoms with van der Waals surface area (Å²) in [5, 5.41) is 5.86. The standard InChI is InChI=1S/C22H25N3O2/c1-4-27-21-12-7-16(2)15-20(21)17(3)23-22(26)24-18-8-10-19(11-9-18)25-13-5-6-14-25/h5-15,17H,4H2,1-3H3,(H2,23,24,26). The lowest BCUT2D eigenvalue weighted by molar-refractivity contribution is 0.249. The topological polar surface area (TPSA) is 55.3 Å². The van der Waals surface area contributed by atoms with Crippen LogP contribution in [0.15, 0.2) is 67.0 Å².